The number of aromatic amines is 1. The normalized spacial score (nSPS) is 12.6. The van der Waals surface area contributed by atoms with Crippen molar-refractivity contribution in [3.63, 3.8) is 0 Å². The van der Waals surface area contributed by atoms with Crippen LogP contribution in [0, 0.1) is 0 Å². The fraction of sp³-hybridized carbons (Fsp3) is 0.389. The quantitative estimate of drug-likeness (QED) is 0.613. The highest BCUT2D eigenvalue weighted by atomic mass is 32.2. The molecule has 9 nitrogen and oxygen atoms in total. The van der Waals surface area contributed by atoms with E-state index < -0.39 is 22.2 Å². The summed E-state index contributed by atoms with van der Waals surface area (Å²) in [6.45, 7) is 5.16. The smallest absolute Gasteiger partial charge is 0.348 e. The fourth-order valence-electron chi connectivity index (χ4n) is 3.11. The van der Waals surface area contributed by atoms with Crippen molar-refractivity contribution in [1.82, 2.24) is 19.4 Å². The van der Waals surface area contributed by atoms with Gasteiger partial charge in [-0.05, 0) is 29.7 Å². The van der Waals surface area contributed by atoms with Gasteiger partial charge >= 0.3 is 5.69 Å². The van der Waals surface area contributed by atoms with Crippen LogP contribution in [0.1, 0.15) is 25.3 Å². The second-order valence-corrected chi connectivity index (χ2v) is 7.78. The van der Waals surface area contributed by atoms with Gasteiger partial charge in [0.1, 0.15) is 11.0 Å². The first-order valence-corrected chi connectivity index (χ1v) is 10.3. The maximum Gasteiger partial charge on any atom is 0.348 e. The van der Waals surface area contributed by atoms with Gasteiger partial charge in [0, 0.05) is 25.1 Å². The molecule has 2 heterocycles. The van der Waals surface area contributed by atoms with E-state index in [1.54, 1.807) is 19.4 Å². The third-order valence-electron chi connectivity index (χ3n) is 4.41. The van der Waals surface area contributed by atoms with Crippen molar-refractivity contribution in [2.24, 2.45) is 0 Å². The molecule has 3 rings (SSSR count). The summed E-state index contributed by atoms with van der Waals surface area (Å²) in [5.41, 5.74) is 1.89. The molecule has 0 aliphatic rings. The van der Waals surface area contributed by atoms with Crippen LogP contribution in [0.25, 0.3) is 22.2 Å². The van der Waals surface area contributed by atoms with Gasteiger partial charge in [0.15, 0.2) is 0 Å². The van der Waals surface area contributed by atoms with Crippen molar-refractivity contribution in [1.29, 1.82) is 0 Å². The molecule has 0 fully saturated rings. The minimum Gasteiger partial charge on any atom is -0.383 e. The zero-order valence-electron chi connectivity index (χ0n) is 16.2. The number of rotatable bonds is 7. The molecule has 2 aromatic heterocycles. The Labute approximate surface area is 163 Å². The molecule has 0 radical (unpaired) electrons. The van der Waals surface area contributed by atoms with Crippen LogP contribution in [0.3, 0.4) is 0 Å². The molecule has 0 bridgehead atoms. The van der Waals surface area contributed by atoms with Crippen LogP contribution in [0.4, 0.5) is 0 Å². The molecule has 150 valence electrons. The van der Waals surface area contributed by atoms with Gasteiger partial charge in [-0.3, -0.25) is 9.48 Å². The van der Waals surface area contributed by atoms with Gasteiger partial charge in [0.25, 0.3) is 5.56 Å². The molecule has 0 saturated carbocycles. The van der Waals surface area contributed by atoms with Gasteiger partial charge in [0.2, 0.25) is 0 Å². The molecule has 0 aliphatic carbocycles. The molecule has 3 aromatic rings. The minimum absolute atomic E-state index is 0.150. The number of aromatic nitrogens is 4. The monoisotopic (exact) mass is 405 g/mol. The van der Waals surface area contributed by atoms with E-state index in [-0.39, 0.29) is 5.92 Å². The van der Waals surface area contributed by atoms with Gasteiger partial charge < -0.3 is 9.72 Å². The van der Waals surface area contributed by atoms with Gasteiger partial charge in [-0.15, -0.1) is 0 Å². The van der Waals surface area contributed by atoms with Crippen LogP contribution in [0.2, 0.25) is 0 Å². The van der Waals surface area contributed by atoms with E-state index in [4.69, 9.17) is 4.74 Å². The molecule has 1 unspecified atom stereocenters. The Bertz CT molecular complexity index is 1150. The fourth-order valence-corrected chi connectivity index (χ4v) is 3.53. The van der Waals surface area contributed by atoms with E-state index >= 15 is 0 Å². The van der Waals surface area contributed by atoms with Crippen LogP contribution < -0.4 is 16.1 Å². The van der Waals surface area contributed by atoms with Crippen LogP contribution >= 0.6 is 0 Å². The zero-order valence-corrected chi connectivity index (χ0v) is 17.0. The number of ether oxygens (including phenoxy) is 1. The van der Waals surface area contributed by atoms with E-state index in [0.717, 1.165) is 21.5 Å². The highest BCUT2D eigenvalue weighted by Crippen LogP contribution is 2.31. The number of hydrogen-bond acceptors (Lipinski definition) is 5. The maximum atomic E-state index is 12.8. The first-order chi connectivity index (χ1) is 13.3. The van der Waals surface area contributed by atoms with Crippen molar-refractivity contribution in [2.75, 3.05) is 24.8 Å². The number of nitrogens with zero attached hydrogens (tertiary/aromatic N) is 3. The van der Waals surface area contributed by atoms with E-state index in [2.05, 4.69) is 14.9 Å². The second kappa shape index (κ2) is 8.11. The number of fused-ring (bicyclic) bond motifs is 1. The van der Waals surface area contributed by atoms with Crippen LogP contribution in [-0.4, -0.2) is 43.6 Å². The molecule has 0 spiro atoms. The molecule has 2 N–H and O–H groups in total. The summed E-state index contributed by atoms with van der Waals surface area (Å²) in [6.07, 6.45) is 3.05. The highest BCUT2D eigenvalue weighted by molar-refractivity contribution is 7.85. The van der Waals surface area contributed by atoms with E-state index in [1.807, 2.05) is 30.7 Å². The van der Waals surface area contributed by atoms with Crippen molar-refractivity contribution in [3.05, 3.63) is 50.8 Å². The molecule has 1 aromatic carbocycles. The summed E-state index contributed by atoms with van der Waals surface area (Å²) >= 11 is 0. The summed E-state index contributed by atoms with van der Waals surface area (Å²) in [7, 11) is 0.0580. The second-order valence-electron chi connectivity index (χ2n) is 6.69. The van der Waals surface area contributed by atoms with Gasteiger partial charge in [0.05, 0.1) is 29.7 Å². The molecular formula is C18H23N5O4S. The van der Waals surface area contributed by atoms with Gasteiger partial charge in [-0.2, -0.15) is 9.77 Å². The van der Waals surface area contributed by atoms with Crippen LogP contribution in [-0.2, 0) is 22.3 Å². The molecule has 10 heteroatoms. The van der Waals surface area contributed by atoms with Crippen LogP contribution in [0.5, 0.6) is 0 Å². The molecular weight excluding hydrogens is 382 g/mol. The minimum atomic E-state index is -1.57. The van der Waals surface area contributed by atoms with Crippen molar-refractivity contribution >= 4 is 21.9 Å². The number of benzene rings is 1. The van der Waals surface area contributed by atoms with Crippen molar-refractivity contribution in [2.45, 2.75) is 26.3 Å². The number of hydrogen-bond donors (Lipinski definition) is 2. The van der Waals surface area contributed by atoms with Crippen molar-refractivity contribution in [3.8, 4) is 11.3 Å². The average Bonchev–Trinajstić information content (AvgIpc) is 3.10. The first kappa shape index (κ1) is 20.0. The Morgan fingerprint density at radius 1 is 1.32 bits per heavy atom. The highest BCUT2D eigenvalue weighted by Gasteiger charge is 2.17. The zero-order chi connectivity index (χ0) is 20.4. The molecule has 1 atom stereocenters. The maximum absolute atomic E-state index is 12.8. The van der Waals surface area contributed by atoms with E-state index in [1.165, 1.54) is 6.26 Å². The topological polar surface area (TPSA) is 111 Å². The third kappa shape index (κ3) is 3.78. The lowest BCUT2D eigenvalue weighted by molar-refractivity contribution is 0.184. The predicted molar refractivity (Wildman–Crippen MR) is 109 cm³/mol. The Morgan fingerprint density at radius 3 is 2.71 bits per heavy atom. The summed E-state index contributed by atoms with van der Waals surface area (Å²) in [4.78, 5) is 30.1. The average molecular weight is 405 g/mol. The number of nitrogens with one attached hydrogen (secondary N) is 2. The number of H-pyrrole nitrogens is 1. The van der Waals surface area contributed by atoms with Crippen molar-refractivity contribution < 1.29 is 8.95 Å². The lowest BCUT2D eigenvalue weighted by atomic mass is 9.93. The summed E-state index contributed by atoms with van der Waals surface area (Å²) in [5.74, 6) is 0.150. The largest absolute Gasteiger partial charge is 0.383 e. The molecule has 0 aliphatic heterocycles. The summed E-state index contributed by atoms with van der Waals surface area (Å²) in [6, 6.07) is 5.45. The Balaban J connectivity index is 2.29. The first-order valence-electron chi connectivity index (χ1n) is 8.77. The standard InChI is InChI=1S/C18H23N5O4S/c1-11(2)12-10-15-14(17(24)23(18(25)20-15)21-28(4)26)9-13(12)16-5-6-19-22(16)7-8-27-3/h5-6,9-11,21H,7-8H2,1-4H3,(H,20,25). The Morgan fingerprint density at radius 2 is 2.07 bits per heavy atom. The number of methoxy groups -OCH3 is 1. The lowest BCUT2D eigenvalue weighted by Crippen LogP contribution is -2.41. The van der Waals surface area contributed by atoms with E-state index in [0.29, 0.717) is 24.1 Å². The SMILES string of the molecule is COCCn1nccc1-c1cc2c(=O)n(NS(C)=O)c(=O)[nH]c2cc1C(C)C. The molecule has 0 amide bonds. The predicted octanol–water partition coefficient (Wildman–Crippen LogP) is 1.16. The van der Waals surface area contributed by atoms with E-state index in [9.17, 15) is 13.8 Å². The van der Waals surface area contributed by atoms with Crippen LogP contribution in [0.15, 0.2) is 34.0 Å². The summed E-state index contributed by atoms with van der Waals surface area (Å²) < 4.78 is 19.2. The van der Waals surface area contributed by atoms with Gasteiger partial charge in [-0.25, -0.2) is 13.8 Å². The molecule has 28 heavy (non-hydrogen) atoms. The Hall–Kier alpha value is -2.72. The lowest BCUT2D eigenvalue weighted by Gasteiger charge is -2.16. The summed E-state index contributed by atoms with van der Waals surface area (Å²) in [5, 5.41) is 4.66. The Kier molecular flexibility index (Phi) is 5.80. The van der Waals surface area contributed by atoms with Gasteiger partial charge in [-0.1, -0.05) is 13.8 Å². The third-order valence-corrected chi connectivity index (χ3v) is 4.85. The molecule has 0 saturated heterocycles.